The average Bonchev–Trinajstić information content (AvgIpc) is 2.80. The van der Waals surface area contributed by atoms with Gasteiger partial charge in [-0.1, -0.05) is 36.4 Å². The number of ether oxygens (including phenoxy) is 3. The lowest BCUT2D eigenvalue weighted by atomic mass is 10.1. The van der Waals surface area contributed by atoms with E-state index in [1.54, 1.807) is 80.8 Å². The molecule has 0 saturated heterocycles. The Morgan fingerprint density at radius 2 is 1.68 bits per heavy atom. The Morgan fingerprint density at radius 1 is 0.903 bits per heavy atom. The van der Waals surface area contributed by atoms with E-state index < -0.39 is 0 Å². The van der Waals surface area contributed by atoms with Gasteiger partial charge in [-0.25, -0.2) is 0 Å². The van der Waals surface area contributed by atoms with Gasteiger partial charge in [0, 0.05) is 17.7 Å². The van der Waals surface area contributed by atoms with E-state index in [2.05, 4.69) is 0 Å². The fourth-order valence-corrected chi connectivity index (χ4v) is 3.11. The zero-order chi connectivity index (χ0) is 21.8. The molecule has 156 valence electrons. The van der Waals surface area contributed by atoms with E-state index in [1.807, 2.05) is 6.07 Å². The SMILES string of the molecule is COc1cccc(Oc2c(C)oc3cc(OCC(=O)c4ccccc4)ccc3c2=O)c1. The lowest BCUT2D eigenvalue weighted by Gasteiger charge is -2.11. The summed E-state index contributed by atoms with van der Waals surface area (Å²) >= 11 is 0. The molecule has 0 spiro atoms. The molecule has 31 heavy (non-hydrogen) atoms. The molecule has 0 aliphatic heterocycles. The van der Waals surface area contributed by atoms with E-state index in [1.165, 1.54) is 0 Å². The number of hydrogen-bond donors (Lipinski definition) is 0. The third kappa shape index (κ3) is 4.43. The Bertz CT molecular complexity index is 1290. The largest absolute Gasteiger partial charge is 0.497 e. The Kier molecular flexibility index (Phi) is 5.71. The zero-order valence-electron chi connectivity index (χ0n) is 17.1. The predicted octanol–water partition coefficient (Wildman–Crippen LogP) is 5.16. The monoisotopic (exact) mass is 416 g/mol. The number of carbonyl (C=O) groups excluding carboxylic acids is 1. The van der Waals surface area contributed by atoms with Crippen molar-refractivity contribution in [2.24, 2.45) is 0 Å². The second-order valence-corrected chi connectivity index (χ2v) is 6.83. The van der Waals surface area contributed by atoms with E-state index in [-0.39, 0.29) is 23.6 Å². The standard InChI is InChI=1S/C25H20O6/c1-16-25(31-20-10-6-9-18(13-20)28-2)24(27)21-12-11-19(14-23(21)30-16)29-15-22(26)17-7-4-3-5-8-17/h3-14H,15H2,1-2H3. The highest BCUT2D eigenvalue weighted by Crippen LogP contribution is 2.29. The molecular formula is C25H20O6. The summed E-state index contributed by atoms with van der Waals surface area (Å²) in [4.78, 5) is 25.2. The van der Waals surface area contributed by atoms with E-state index in [4.69, 9.17) is 18.6 Å². The van der Waals surface area contributed by atoms with Gasteiger partial charge in [0.2, 0.25) is 11.2 Å². The molecule has 0 amide bonds. The third-order valence-electron chi connectivity index (χ3n) is 4.71. The second kappa shape index (κ2) is 8.75. The molecule has 0 unspecified atom stereocenters. The van der Waals surface area contributed by atoms with Crippen LogP contribution in [0.25, 0.3) is 11.0 Å². The smallest absolute Gasteiger partial charge is 0.235 e. The number of aryl methyl sites for hydroxylation is 1. The molecule has 3 aromatic carbocycles. The van der Waals surface area contributed by atoms with Gasteiger partial charge in [-0.2, -0.15) is 0 Å². The quantitative estimate of drug-likeness (QED) is 0.387. The minimum Gasteiger partial charge on any atom is -0.497 e. The van der Waals surface area contributed by atoms with Crippen molar-refractivity contribution in [2.75, 3.05) is 13.7 Å². The normalized spacial score (nSPS) is 10.6. The number of ketones is 1. The van der Waals surface area contributed by atoms with Gasteiger partial charge in [0.25, 0.3) is 0 Å². The van der Waals surface area contributed by atoms with Gasteiger partial charge in [-0.3, -0.25) is 9.59 Å². The maximum Gasteiger partial charge on any atom is 0.235 e. The van der Waals surface area contributed by atoms with Gasteiger partial charge in [-0.15, -0.1) is 0 Å². The first-order valence-electron chi connectivity index (χ1n) is 9.65. The minimum atomic E-state index is -0.298. The van der Waals surface area contributed by atoms with E-state index >= 15 is 0 Å². The molecule has 0 aliphatic rings. The molecule has 0 N–H and O–H groups in total. The topological polar surface area (TPSA) is 75.0 Å². The van der Waals surface area contributed by atoms with E-state index in [0.717, 1.165) is 0 Å². The lowest BCUT2D eigenvalue weighted by molar-refractivity contribution is 0.0921. The molecule has 1 aromatic heterocycles. The molecule has 1 heterocycles. The molecule has 4 rings (SSSR count). The first kappa shape index (κ1) is 20.2. The first-order valence-corrected chi connectivity index (χ1v) is 9.65. The molecule has 4 aromatic rings. The third-order valence-corrected chi connectivity index (χ3v) is 4.71. The van der Waals surface area contributed by atoms with E-state index in [0.29, 0.717) is 39.5 Å². The van der Waals surface area contributed by atoms with Crippen LogP contribution in [-0.4, -0.2) is 19.5 Å². The number of Topliss-reactive ketones (excluding diaryl/α,β-unsaturated/α-hetero) is 1. The zero-order valence-corrected chi connectivity index (χ0v) is 17.1. The van der Waals surface area contributed by atoms with Gasteiger partial charge in [0.15, 0.2) is 12.4 Å². The van der Waals surface area contributed by atoms with E-state index in [9.17, 15) is 9.59 Å². The summed E-state index contributed by atoms with van der Waals surface area (Å²) in [6, 6.07) is 20.7. The van der Waals surface area contributed by atoms with Crippen molar-refractivity contribution < 1.29 is 23.4 Å². The van der Waals surface area contributed by atoms with Crippen molar-refractivity contribution in [1.82, 2.24) is 0 Å². The van der Waals surface area contributed by atoms with Crippen LogP contribution in [0.15, 0.2) is 82.0 Å². The fraction of sp³-hybridized carbons (Fsp3) is 0.120. The molecule has 0 fully saturated rings. The summed E-state index contributed by atoms with van der Waals surface area (Å²) in [5, 5.41) is 0.352. The summed E-state index contributed by atoms with van der Waals surface area (Å²) in [6.45, 7) is 1.54. The summed E-state index contributed by atoms with van der Waals surface area (Å²) in [7, 11) is 1.56. The summed E-state index contributed by atoms with van der Waals surface area (Å²) in [5.74, 6) is 1.81. The highest BCUT2D eigenvalue weighted by molar-refractivity contribution is 5.97. The molecular weight excluding hydrogens is 396 g/mol. The summed E-state index contributed by atoms with van der Waals surface area (Å²) < 4.78 is 22.4. The van der Waals surface area contributed by atoms with Crippen LogP contribution in [-0.2, 0) is 0 Å². The fourth-order valence-electron chi connectivity index (χ4n) is 3.11. The first-order chi connectivity index (χ1) is 15.0. The number of hydrogen-bond acceptors (Lipinski definition) is 6. The van der Waals surface area contributed by atoms with Gasteiger partial charge >= 0.3 is 0 Å². The molecule has 0 atom stereocenters. The Balaban J connectivity index is 1.57. The molecule has 6 heteroatoms. The highest BCUT2D eigenvalue weighted by Gasteiger charge is 2.15. The number of rotatable bonds is 7. The maximum atomic E-state index is 13.0. The van der Waals surface area contributed by atoms with Crippen LogP contribution in [0.1, 0.15) is 16.1 Å². The maximum absolute atomic E-state index is 13.0. The molecule has 0 saturated carbocycles. The van der Waals surface area contributed by atoms with Crippen LogP contribution < -0.4 is 19.6 Å². The summed E-state index contributed by atoms with van der Waals surface area (Å²) in [5.41, 5.74) is 0.628. The van der Waals surface area contributed by atoms with Gasteiger partial charge in [-0.05, 0) is 31.2 Å². The highest BCUT2D eigenvalue weighted by atomic mass is 16.5. The molecule has 0 radical (unpaired) electrons. The number of methoxy groups -OCH3 is 1. The van der Waals surface area contributed by atoms with Gasteiger partial charge in [0.05, 0.1) is 12.5 Å². The van der Waals surface area contributed by atoms with Crippen LogP contribution in [0.2, 0.25) is 0 Å². The Hall–Kier alpha value is -4.06. The van der Waals surface area contributed by atoms with Crippen molar-refractivity contribution in [2.45, 2.75) is 6.92 Å². The van der Waals surface area contributed by atoms with Crippen molar-refractivity contribution in [3.05, 3.63) is 94.3 Å². The molecule has 6 nitrogen and oxygen atoms in total. The lowest BCUT2D eigenvalue weighted by Crippen LogP contribution is -2.12. The van der Waals surface area contributed by atoms with Crippen molar-refractivity contribution >= 4 is 16.8 Å². The van der Waals surface area contributed by atoms with Crippen molar-refractivity contribution in [1.29, 1.82) is 0 Å². The van der Waals surface area contributed by atoms with Gasteiger partial charge in [0.1, 0.15) is 28.6 Å². The Labute approximate surface area is 178 Å². The average molecular weight is 416 g/mol. The van der Waals surface area contributed by atoms with Crippen LogP contribution >= 0.6 is 0 Å². The number of benzene rings is 3. The second-order valence-electron chi connectivity index (χ2n) is 6.83. The molecule has 0 bridgehead atoms. The predicted molar refractivity (Wildman–Crippen MR) is 117 cm³/mol. The number of fused-ring (bicyclic) bond motifs is 1. The van der Waals surface area contributed by atoms with Crippen LogP contribution in [0, 0.1) is 6.92 Å². The van der Waals surface area contributed by atoms with Crippen LogP contribution in [0.3, 0.4) is 0 Å². The van der Waals surface area contributed by atoms with Crippen LogP contribution in [0.5, 0.6) is 23.0 Å². The van der Waals surface area contributed by atoms with Gasteiger partial charge < -0.3 is 18.6 Å². The summed E-state index contributed by atoms with van der Waals surface area (Å²) in [6.07, 6.45) is 0. The van der Waals surface area contributed by atoms with Crippen LogP contribution in [0.4, 0.5) is 0 Å². The Morgan fingerprint density at radius 3 is 2.45 bits per heavy atom. The number of carbonyl (C=O) groups is 1. The van der Waals surface area contributed by atoms with Crippen molar-refractivity contribution in [3.63, 3.8) is 0 Å². The van der Waals surface area contributed by atoms with Crippen molar-refractivity contribution in [3.8, 4) is 23.0 Å². The molecule has 0 aliphatic carbocycles. The minimum absolute atomic E-state index is 0.105.